The molecule has 1 amide bonds. The van der Waals surface area contributed by atoms with Crippen LogP contribution in [0.3, 0.4) is 0 Å². The molecule has 1 aromatic carbocycles. The Morgan fingerprint density at radius 1 is 1.22 bits per heavy atom. The van der Waals surface area contributed by atoms with Crippen molar-refractivity contribution in [2.75, 3.05) is 12.4 Å². The second kappa shape index (κ2) is 9.13. The molecule has 1 heterocycles. The van der Waals surface area contributed by atoms with E-state index < -0.39 is 24.6 Å². The predicted octanol–water partition coefficient (Wildman–Crippen LogP) is 3.53. The van der Waals surface area contributed by atoms with Crippen LogP contribution in [0.5, 0.6) is 11.5 Å². The first-order chi connectivity index (χ1) is 12.8. The number of pyridine rings is 1. The number of ether oxygens (including phenoxy) is 3. The number of benzene rings is 1. The van der Waals surface area contributed by atoms with E-state index in [0.29, 0.717) is 0 Å². The van der Waals surface area contributed by atoms with Crippen LogP contribution in [0.15, 0.2) is 36.5 Å². The Labute approximate surface area is 158 Å². The number of aromatic nitrogens is 1. The van der Waals surface area contributed by atoms with Gasteiger partial charge in [0.2, 0.25) is 0 Å². The number of halogens is 3. The summed E-state index contributed by atoms with van der Waals surface area (Å²) in [7, 11) is 1.23. The first kappa shape index (κ1) is 20.4. The summed E-state index contributed by atoms with van der Waals surface area (Å²) in [4.78, 5) is 28.1. The molecule has 0 aliphatic rings. The van der Waals surface area contributed by atoms with Crippen molar-refractivity contribution < 1.29 is 32.6 Å². The third-order valence-corrected chi connectivity index (χ3v) is 3.59. The molecule has 0 radical (unpaired) electrons. The molecule has 0 spiro atoms. The van der Waals surface area contributed by atoms with E-state index in [1.54, 1.807) is 6.07 Å². The van der Waals surface area contributed by atoms with E-state index in [2.05, 4.69) is 15.0 Å². The van der Waals surface area contributed by atoms with Gasteiger partial charge in [-0.25, -0.2) is 9.78 Å². The summed E-state index contributed by atoms with van der Waals surface area (Å²) < 4.78 is 38.9. The molecule has 1 atom stereocenters. The van der Waals surface area contributed by atoms with Gasteiger partial charge in [0, 0.05) is 6.20 Å². The maximum absolute atomic E-state index is 12.3. The van der Waals surface area contributed by atoms with Crippen LogP contribution in [0.4, 0.5) is 14.5 Å². The Kier molecular flexibility index (Phi) is 6.89. The number of esters is 1. The molecule has 2 rings (SSSR count). The number of carbonyl (C=O) groups excluding carboxylic acids is 2. The quantitative estimate of drug-likeness (QED) is 0.565. The minimum Gasteiger partial charge on any atom is -0.493 e. The van der Waals surface area contributed by atoms with Crippen LogP contribution >= 0.6 is 11.6 Å². The van der Waals surface area contributed by atoms with Crippen LogP contribution in [-0.4, -0.2) is 36.7 Å². The van der Waals surface area contributed by atoms with Crippen molar-refractivity contribution in [3.8, 4) is 11.5 Å². The molecule has 0 aliphatic carbocycles. The third-order valence-electron chi connectivity index (χ3n) is 3.29. The number of methoxy groups -OCH3 is 1. The van der Waals surface area contributed by atoms with E-state index in [9.17, 15) is 18.4 Å². The number of hydrogen-bond donors (Lipinski definition) is 1. The summed E-state index contributed by atoms with van der Waals surface area (Å²) in [5, 5.41) is 2.57. The van der Waals surface area contributed by atoms with Crippen molar-refractivity contribution in [2.45, 2.75) is 19.6 Å². The van der Waals surface area contributed by atoms with Gasteiger partial charge in [-0.1, -0.05) is 11.6 Å². The number of hydrogen-bond acceptors (Lipinski definition) is 6. The van der Waals surface area contributed by atoms with Gasteiger partial charge in [-0.15, -0.1) is 0 Å². The predicted molar refractivity (Wildman–Crippen MR) is 92.4 cm³/mol. The standard InChI is InChI=1S/C17H15ClF2N2O5/c1-9(15(23)22-11-4-3-7-21-14(11)18)26-16(24)10-5-6-12(27-17(19)20)13(8-10)25-2/h3-9,17H,1-2H3,(H,22,23)/t9-/m1/s1. The van der Waals surface area contributed by atoms with E-state index in [-0.39, 0.29) is 27.9 Å². The number of amides is 1. The molecule has 0 fully saturated rings. The molecule has 144 valence electrons. The van der Waals surface area contributed by atoms with Gasteiger partial charge in [0.05, 0.1) is 18.4 Å². The molecule has 10 heteroatoms. The highest BCUT2D eigenvalue weighted by Crippen LogP contribution is 2.29. The largest absolute Gasteiger partial charge is 0.493 e. The van der Waals surface area contributed by atoms with Gasteiger partial charge in [-0.2, -0.15) is 8.78 Å². The van der Waals surface area contributed by atoms with Gasteiger partial charge in [-0.05, 0) is 37.3 Å². The Hall–Kier alpha value is -2.94. The first-order valence-corrected chi connectivity index (χ1v) is 7.94. The number of carbonyl (C=O) groups is 2. The van der Waals surface area contributed by atoms with Gasteiger partial charge >= 0.3 is 12.6 Å². The van der Waals surface area contributed by atoms with E-state index in [0.717, 1.165) is 6.07 Å². The molecule has 1 aromatic heterocycles. The highest BCUT2D eigenvalue weighted by molar-refractivity contribution is 6.32. The molecule has 7 nitrogen and oxygen atoms in total. The van der Waals surface area contributed by atoms with E-state index in [1.165, 1.54) is 38.4 Å². The smallest absolute Gasteiger partial charge is 0.387 e. The SMILES string of the molecule is COc1cc(C(=O)O[C@H](C)C(=O)Nc2cccnc2Cl)ccc1OC(F)F. The lowest BCUT2D eigenvalue weighted by atomic mass is 10.2. The summed E-state index contributed by atoms with van der Waals surface area (Å²) in [5.74, 6) is -1.79. The third kappa shape index (κ3) is 5.52. The molecule has 0 unspecified atom stereocenters. The van der Waals surface area contributed by atoms with Crippen LogP contribution < -0.4 is 14.8 Å². The van der Waals surface area contributed by atoms with Gasteiger partial charge in [0.1, 0.15) is 0 Å². The van der Waals surface area contributed by atoms with Crippen LogP contribution in [-0.2, 0) is 9.53 Å². The molecule has 0 bridgehead atoms. The lowest BCUT2D eigenvalue weighted by Crippen LogP contribution is -2.30. The van der Waals surface area contributed by atoms with Crippen molar-refractivity contribution in [1.29, 1.82) is 0 Å². The zero-order valence-electron chi connectivity index (χ0n) is 14.2. The Balaban J connectivity index is 2.05. The van der Waals surface area contributed by atoms with Crippen LogP contribution in [0.25, 0.3) is 0 Å². The molecule has 0 saturated heterocycles. The summed E-state index contributed by atoms with van der Waals surface area (Å²) >= 11 is 5.85. The van der Waals surface area contributed by atoms with Gasteiger partial charge in [0.15, 0.2) is 22.8 Å². The topological polar surface area (TPSA) is 86.8 Å². The second-order valence-electron chi connectivity index (χ2n) is 5.12. The molecular weight excluding hydrogens is 386 g/mol. The van der Waals surface area contributed by atoms with Gasteiger partial charge < -0.3 is 19.5 Å². The van der Waals surface area contributed by atoms with Crippen molar-refractivity contribution in [3.63, 3.8) is 0 Å². The zero-order chi connectivity index (χ0) is 20.0. The summed E-state index contributed by atoms with van der Waals surface area (Å²) in [6.07, 6.45) is 0.299. The summed E-state index contributed by atoms with van der Waals surface area (Å²) in [5.41, 5.74) is 0.259. The van der Waals surface area contributed by atoms with Gasteiger partial charge in [-0.3, -0.25) is 4.79 Å². The number of nitrogens with zero attached hydrogens (tertiary/aromatic N) is 1. The van der Waals surface area contributed by atoms with Crippen molar-refractivity contribution in [2.24, 2.45) is 0 Å². The minimum absolute atomic E-state index is 0.00692. The molecule has 1 N–H and O–H groups in total. The lowest BCUT2D eigenvalue weighted by molar-refractivity contribution is -0.123. The fraction of sp³-hybridized carbons (Fsp3) is 0.235. The molecule has 0 aliphatic heterocycles. The summed E-state index contributed by atoms with van der Waals surface area (Å²) in [6.45, 7) is -1.68. The molecule has 2 aromatic rings. The molecular formula is C17H15ClF2N2O5. The fourth-order valence-electron chi connectivity index (χ4n) is 1.98. The van der Waals surface area contributed by atoms with E-state index in [4.69, 9.17) is 21.1 Å². The highest BCUT2D eigenvalue weighted by Gasteiger charge is 2.21. The monoisotopic (exact) mass is 400 g/mol. The Bertz CT molecular complexity index is 835. The maximum Gasteiger partial charge on any atom is 0.387 e. The normalized spacial score (nSPS) is 11.6. The zero-order valence-corrected chi connectivity index (χ0v) is 15.0. The number of anilines is 1. The van der Waals surface area contributed by atoms with E-state index in [1.807, 2.05) is 0 Å². The number of nitrogens with one attached hydrogen (secondary N) is 1. The Morgan fingerprint density at radius 2 is 1.96 bits per heavy atom. The van der Waals surface area contributed by atoms with Crippen molar-refractivity contribution in [1.82, 2.24) is 4.98 Å². The summed E-state index contributed by atoms with van der Waals surface area (Å²) in [6, 6.07) is 6.64. The first-order valence-electron chi connectivity index (χ1n) is 7.57. The molecule has 0 saturated carbocycles. The van der Waals surface area contributed by atoms with Crippen LogP contribution in [0.2, 0.25) is 5.15 Å². The maximum atomic E-state index is 12.3. The number of alkyl halides is 2. The minimum atomic E-state index is -3.04. The second-order valence-corrected chi connectivity index (χ2v) is 5.48. The van der Waals surface area contributed by atoms with E-state index >= 15 is 0 Å². The molecule has 27 heavy (non-hydrogen) atoms. The lowest BCUT2D eigenvalue weighted by Gasteiger charge is -2.15. The fourth-order valence-corrected chi connectivity index (χ4v) is 2.15. The highest BCUT2D eigenvalue weighted by atomic mass is 35.5. The average Bonchev–Trinajstić information content (AvgIpc) is 2.63. The van der Waals surface area contributed by atoms with Crippen molar-refractivity contribution >= 4 is 29.2 Å². The van der Waals surface area contributed by atoms with Crippen molar-refractivity contribution in [3.05, 3.63) is 47.2 Å². The number of rotatable bonds is 7. The Morgan fingerprint density at radius 3 is 2.59 bits per heavy atom. The van der Waals surface area contributed by atoms with Crippen LogP contribution in [0.1, 0.15) is 17.3 Å². The van der Waals surface area contributed by atoms with Crippen LogP contribution in [0, 0.1) is 0 Å². The average molecular weight is 401 g/mol. The van der Waals surface area contributed by atoms with Gasteiger partial charge in [0.25, 0.3) is 5.91 Å².